The normalized spacial score (nSPS) is 19.6. The molecule has 108 valence electrons. The van der Waals surface area contributed by atoms with Crippen LogP contribution in [0.1, 0.15) is 51.0 Å². The zero-order valence-electron chi connectivity index (χ0n) is 12.0. The van der Waals surface area contributed by atoms with Crippen molar-refractivity contribution in [3.63, 3.8) is 0 Å². The maximum atomic E-state index is 12.5. The molecule has 0 bridgehead atoms. The average molecular weight is 290 g/mol. The van der Waals surface area contributed by atoms with Gasteiger partial charge in [0, 0.05) is 6.04 Å². The average Bonchev–Trinajstić information content (AvgIpc) is 2.80. The van der Waals surface area contributed by atoms with Crippen LogP contribution in [0.15, 0.2) is 16.8 Å². The topological polar surface area (TPSA) is 52.9 Å². The van der Waals surface area contributed by atoms with Crippen LogP contribution in [0.25, 0.3) is 0 Å². The van der Waals surface area contributed by atoms with Gasteiger partial charge in [0.25, 0.3) is 0 Å². The van der Waals surface area contributed by atoms with Crippen LogP contribution in [0.2, 0.25) is 0 Å². The van der Waals surface area contributed by atoms with E-state index in [4.69, 9.17) is 0 Å². The van der Waals surface area contributed by atoms with Crippen LogP contribution in [0.5, 0.6) is 0 Å². The second-order valence-electron chi connectivity index (χ2n) is 5.82. The highest BCUT2D eigenvalue weighted by Crippen LogP contribution is 2.34. The van der Waals surface area contributed by atoms with Crippen LogP contribution in [-0.2, 0) is 11.2 Å². The first-order valence-corrected chi connectivity index (χ1v) is 8.34. The van der Waals surface area contributed by atoms with Gasteiger partial charge in [-0.05, 0) is 48.6 Å². The van der Waals surface area contributed by atoms with Gasteiger partial charge in [-0.15, -0.1) is 0 Å². The van der Waals surface area contributed by atoms with Crippen molar-refractivity contribution in [2.24, 2.45) is 5.41 Å². The quantitative estimate of drug-likeness (QED) is 0.860. The number of nitriles is 1. The SMILES string of the molecule is CC(Cc1ccsc1)NC(=O)C1(C#N)CCCCCC1. The van der Waals surface area contributed by atoms with E-state index in [2.05, 4.69) is 22.8 Å². The van der Waals surface area contributed by atoms with E-state index in [-0.39, 0.29) is 11.9 Å². The van der Waals surface area contributed by atoms with Crippen LogP contribution in [0.3, 0.4) is 0 Å². The summed E-state index contributed by atoms with van der Waals surface area (Å²) in [5, 5.41) is 16.7. The molecule has 0 aliphatic heterocycles. The first kappa shape index (κ1) is 15.1. The molecule has 20 heavy (non-hydrogen) atoms. The highest BCUT2D eigenvalue weighted by Gasteiger charge is 2.39. The lowest BCUT2D eigenvalue weighted by Crippen LogP contribution is -2.44. The third-order valence-corrected chi connectivity index (χ3v) is 4.84. The second-order valence-corrected chi connectivity index (χ2v) is 6.60. The van der Waals surface area contributed by atoms with Crippen LogP contribution in [-0.4, -0.2) is 11.9 Å². The molecule has 0 saturated heterocycles. The maximum absolute atomic E-state index is 12.5. The molecule has 1 aliphatic carbocycles. The van der Waals surface area contributed by atoms with E-state index in [0.29, 0.717) is 12.8 Å². The van der Waals surface area contributed by atoms with Crippen LogP contribution >= 0.6 is 11.3 Å². The predicted molar refractivity (Wildman–Crippen MR) is 81.4 cm³/mol. The van der Waals surface area contributed by atoms with Crippen molar-refractivity contribution in [3.8, 4) is 6.07 Å². The Balaban J connectivity index is 1.96. The van der Waals surface area contributed by atoms with Gasteiger partial charge in [0.05, 0.1) is 6.07 Å². The third-order valence-electron chi connectivity index (χ3n) is 4.11. The summed E-state index contributed by atoms with van der Waals surface area (Å²) in [6.07, 6.45) is 6.50. The Morgan fingerprint density at radius 3 is 2.70 bits per heavy atom. The van der Waals surface area contributed by atoms with Gasteiger partial charge in [-0.3, -0.25) is 4.79 Å². The number of hydrogen-bond acceptors (Lipinski definition) is 3. The van der Waals surface area contributed by atoms with Crippen LogP contribution in [0.4, 0.5) is 0 Å². The van der Waals surface area contributed by atoms with Gasteiger partial charge in [0.1, 0.15) is 5.41 Å². The number of nitrogens with zero attached hydrogens (tertiary/aromatic N) is 1. The van der Waals surface area contributed by atoms with Crippen molar-refractivity contribution in [1.29, 1.82) is 5.26 Å². The molecule has 1 saturated carbocycles. The molecule has 1 fully saturated rings. The monoisotopic (exact) mass is 290 g/mol. The van der Waals surface area contributed by atoms with Crippen molar-refractivity contribution in [2.75, 3.05) is 0 Å². The fraction of sp³-hybridized carbons (Fsp3) is 0.625. The van der Waals surface area contributed by atoms with Crippen LogP contribution < -0.4 is 5.32 Å². The molecule has 1 aliphatic rings. The number of nitrogens with one attached hydrogen (secondary N) is 1. The molecule has 4 heteroatoms. The zero-order chi connectivity index (χ0) is 14.4. The van der Waals surface area contributed by atoms with Crippen molar-refractivity contribution in [2.45, 2.75) is 57.9 Å². The summed E-state index contributed by atoms with van der Waals surface area (Å²) in [7, 11) is 0. The van der Waals surface area contributed by atoms with Crippen molar-refractivity contribution >= 4 is 17.2 Å². The summed E-state index contributed by atoms with van der Waals surface area (Å²) < 4.78 is 0. The summed E-state index contributed by atoms with van der Waals surface area (Å²) in [5.41, 5.74) is 0.453. The number of rotatable bonds is 4. The first-order chi connectivity index (χ1) is 9.66. The first-order valence-electron chi connectivity index (χ1n) is 7.39. The lowest BCUT2D eigenvalue weighted by Gasteiger charge is -2.26. The van der Waals surface area contributed by atoms with E-state index in [1.807, 2.05) is 12.3 Å². The molecule has 0 aromatic carbocycles. The fourth-order valence-corrected chi connectivity index (χ4v) is 3.58. The lowest BCUT2D eigenvalue weighted by molar-refractivity contribution is -0.129. The van der Waals surface area contributed by atoms with E-state index in [1.165, 1.54) is 5.56 Å². The van der Waals surface area contributed by atoms with Crippen molar-refractivity contribution in [3.05, 3.63) is 22.4 Å². The molecule has 1 unspecified atom stereocenters. The summed E-state index contributed by atoms with van der Waals surface area (Å²) in [5.74, 6) is -0.0652. The Labute approximate surface area is 125 Å². The molecule has 0 radical (unpaired) electrons. The lowest BCUT2D eigenvalue weighted by atomic mass is 9.80. The number of carbonyl (C=O) groups excluding carboxylic acids is 1. The van der Waals surface area contributed by atoms with Gasteiger partial charge < -0.3 is 5.32 Å². The van der Waals surface area contributed by atoms with Crippen molar-refractivity contribution < 1.29 is 4.79 Å². The molecule has 1 heterocycles. The summed E-state index contributed by atoms with van der Waals surface area (Å²) in [6, 6.07) is 4.47. The van der Waals surface area contributed by atoms with E-state index >= 15 is 0 Å². The molecule has 1 atom stereocenters. The summed E-state index contributed by atoms with van der Waals surface area (Å²) in [4.78, 5) is 12.5. The zero-order valence-corrected chi connectivity index (χ0v) is 12.8. The number of thiophene rings is 1. The molecule has 1 N–H and O–H groups in total. The Bertz CT molecular complexity index is 467. The minimum absolute atomic E-state index is 0.0652. The van der Waals surface area contributed by atoms with Gasteiger partial charge in [-0.2, -0.15) is 16.6 Å². The minimum Gasteiger partial charge on any atom is -0.352 e. The van der Waals surface area contributed by atoms with Gasteiger partial charge in [0.15, 0.2) is 0 Å². The van der Waals surface area contributed by atoms with Crippen LogP contribution in [0, 0.1) is 16.7 Å². The Morgan fingerprint density at radius 2 is 2.15 bits per heavy atom. The third kappa shape index (κ3) is 3.61. The summed E-state index contributed by atoms with van der Waals surface area (Å²) >= 11 is 1.67. The minimum atomic E-state index is -0.792. The Hall–Kier alpha value is -1.34. The molecule has 2 rings (SSSR count). The maximum Gasteiger partial charge on any atom is 0.240 e. The van der Waals surface area contributed by atoms with E-state index < -0.39 is 5.41 Å². The van der Waals surface area contributed by atoms with Gasteiger partial charge >= 0.3 is 0 Å². The van der Waals surface area contributed by atoms with E-state index in [9.17, 15) is 10.1 Å². The van der Waals surface area contributed by atoms with Gasteiger partial charge in [-0.1, -0.05) is 25.7 Å². The Morgan fingerprint density at radius 1 is 1.45 bits per heavy atom. The Kier molecular flexibility index (Phi) is 5.19. The molecule has 3 nitrogen and oxygen atoms in total. The largest absolute Gasteiger partial charge is 0.352 e. The molecule has 1 aromatic heterocycles. The summed E-state index contributed by atoms with van der Waals surface area (Å²) in [6.45, 7) is 2.01. The van der Waals surface area contributed by atoms with Gasteiger partial charge in [-0.25, -0.2) is 0 Å². The standard InChI is InChI=1S/C16H22N2OS/c1-13(10-14-6-9-20-11-14)18-15(19)16(12-17)7-4-2-3-5-8-16/h6,9,11,13H,2-5,7-8,10H2,1H3,(H,18,19). The van der Waals surface area contributed by atoms with E-state index in [0.717, 1.165) is 32.1 Å². The highest BCUT2D eigenvalue weighted by atomic mass is 32.1. The molecule has 0 spiro atoms. The number of carbonyl (C=O) groups is 1. The van der Waals surface area contributed by atoms with E-state index in [1.54, 1.807) is 11.3 Å². The number of hydrogen-bond donors (Lipinski definition) is 1. The van der Waals surface area contributed by atoms with Crippen molar-refractivity contribution in [1.82, 2.24) is 5.32 Å². The number of amides is 1. The second kappa shape index (κ2) is 6.90. The smallest absolute Gasteiger partial charge is 0.240 e. The predicted octanol–water partition coefficient (Wildman–Crippen LogP) is 3.66. The fourth-order valence-electron chi connectivity index (χ4n) is 2.90. The molecule has 1 aromatic rings. The molecular weight excluding hydrogens is 268 g/mol. The molecule has 1 amide bonds. The molecular formula is C16H22N2OS. The van der Waals surface area contributed by atoms with Gasteiger partial charge in [0.2, 0.25) is 5.91 Å². The highest BCUT2D eigenvalue weighted by molar-refractivity contribution is 7.07.